The van der Waals surface area contributed by atoms with Gasteiger partial charge in [-0.1, -0.05) is 100.0 Å². The molecule has 2 spiro atoms. The van der Waals surface area contributed by atoms with Crippen molar-refractivity contribution in [2.75, 3.05) is 13.2 Å². The maximum Gasteiger partial charge on any atom is 0.144 e. The highest BCUT2D eigenvalue weighted by atomic mass is 16.6. The van der Waals surface area contributed by atoms with Crippen molar-refractivity contribution in [2.24, 2.45) is 46.3 Å². The Morgan fingerprint density at radius 2 is 0.919 bits per heavy atom. The first kappa shape index (κ1) is 48.6. The second kappa shape index (κ2) is 18.7. The van der Waals surface area contributed by atoms with Crippen molar-refractivity contribution in [3.05, 3.63) is 46.6 Å². The largest absolute Gasteiger partial charge is 0.390 e. The topological polar surface area (TPSA) is 146 Å². The molecule has 0 radical (unpaired) electrons. The average Bonchev–Trinajstić information content (AvgIpc) is 4.10. The van der Waals surface area contributed by atoms with E-state index in [2.05, 4.69) is 52.0 Å². The monoisotopic (exact) mass is 865 g/mol. The van der Waals surface area contributed by atoms with E-state index in [1.54, 1.807) is 11.1 Å². The highest BCUT2D eigenvalue weighted by molar-refractivity contribution is 5.30. The summed E-state index contributed by atoms with van der Waals surface area (Å²) in [6.45, 7) is 18.6. The molecule has 0 aromatic heterocycles. The smallest absolute Gasteiger partial charge is 0.144 e. The molecule has 0 bridgehead atoms. The van der Waals surface area contributed by atoms with Gasteiger partial charge in [-0.2, -0.15) is 0 Å². The number of aliphatic hydroxyl groups is 6. The number of allylic oxidation sites excluding steroid dienone is 6. The predicted molar refractivity (Wildman–Crippen MR) is 247 cm³/mol. The fourth-order valence-corrected chi connectivity index (χ4v) is 14.5. The fourth-order valence-electron chi connectivity index (χ4n) is 14.5. The van der Waals surface area contributed by atoms with E-state index in [-0.39, 0.29) is 0 Å². The molecule has 12 atom stereocenters. The summed E-state index contributed by atoms with van der Waals surface area (Å²) in [5.41, 5.74) is 3.78. The van der Waals surface area contributed by atoms with E-state index >= 15 is 0 Å². The minimum Gasteiger partial charge on any atom is -0.390 e. The average molecular weight is 865 g/mol. The van der Waals surface area contributed by atoms with Crippen LogP contribution < -0.4 is 0 Å². The van der Waals surface area contributed by atoms with Gasteiger partial charge >= 0.3 is 0 Å². The Morgan fingerprint density at radius 1 is 0.581 bits per heavy atom. The number of aliphatic hydroxyl groups excluding tert-OH is 4. The van der Waals surface area contributed by atoms with Crippen molar-refractivity contribution in [1.29, 1.82) is 0 Å². The molecule has 8 aliphatic rings. The molecule has 0 aromatic rings. The molecule has 2 saturated heterocycles. The second-order valence-electron chi connectivity index (χ2n) is 24.1. The van der Waals surface area contributed by atoms with Crippen LogP contribution in [0.4, 0.5) is 0 Å². The molecule has 62 heavy (non-hydrogen) atoms. The molecule has 8 fully saturated rings. The van der Waals surface area contributed by atoms with Crippen LogP contribution in [0.1, 0.15) is 184 Å². The Morgan fingerprint density at radius 3 is 1.23 bits per heavy atom. The maximum atomic E-state index is 10.4. The van der Waals surface area contributed by atoms with Crippen molar-refractivity contribution in [1.82, 2.24) is 0 Å². The summed E-state index contributed by atoms with van der Waals surface area (Å²) in [6.07, 6.45) is 28.3. The quantitative estimate of drug-likeness (QED) is 0.106. The fraction of sp³-hybridized carbons (Fsp3) is 0.852. The lowest BCUT2D eigenvalue weighted by atomic mass is 9.60. The summed E-state index contributed by atoms with van der Waals surface area (Å²) >= 11 is 0. The molecule has 8 heteroatoms. The van der Waals surface area contributed by atoms with Gasteiger partial charge in [-0.3, -0.25) is 0 Å². The van der Waals surface area contributed by atoms with Gasteiger partial charge in [0.25, 0.3) is 0 Å². The van der Waals surface area contributed by atoms with Crippen LogP contribution in [0.2, 0.25) is 0 Å². The van der Waals surface area contributed by atoms with Crippen molar-refractivity contribution in [2.45, 2.75) is 231 Å². The van der Waals surface area contributed by atoms with Crippen LogP contribution in [0.25, 0.3) is 0 Å². The van der Waals surface area contributed by atoms with E-state index in [4.69, 9.17) is 9.47 Å². The summed E-state index contributed by atoms with van der Waals surface area (Å²) in [7, 11) is 0. The van der Waals surface area contributed by atoms with Crippen molar-refractivity contribution in [3.8, 4) is 0 Å². The number of ether oxygens (including phenoxy) is 2. The summed E-state index contributed by atoms with van der Waals surface area (Å²) in [6, 6.07) is 0. The van der Waals surface area contributed by atoms with Gasteiger partial charge in [-0.05, 0) is 177 Å². The molecular weight excluding hydrogens is 777 g/mol. The lowest BCUT2D eigenvalue weighted by Crippen LogP contribution is -2.45. The molecule has 6 N–H and O–H groups in total. The molecule has 6 saturated carbocycles. The van der Waals surface area contributed by atoms with Crippen LogP contribution in [-0.4, -0.2) is 90.7 Å². The summed E-state index contributed by atoms with van der Waals surface area (Å²) in [5, 5.41) is 61.8. The third kappa shape index (κ3) is 10.4. The highest BCUT2D eigenvalue weighted by Crippen LogP contribution is 2.61. The van der Waals surface area contributed by atoms with Gasteiger partial charge in [0.05, 0.1) is 48.8 Å². The third-order valence-electron chi connectivity index (χ3n) is 18.4. The van der Waals surface area contributed by atoms with Crippen LogP contribution in [0.3, 0.4) is 0 Å². The van der Waals surface area contributed by atoms with E-state index in [1.807, 2.05) is 27.7 Å². The normalized spacial score (nSPS) is 42.7. The first-order chi connectivity index (χ1) is 29.1. The minimum atomic E-state index is -0.673. The van der Waals surface area contributed by atoms with Crippen molar-refractivity contribution >= 4 is 0 Å². The zero-order chi connectivity index (χ0) is 44.9. The van der Waals surface area contributed by atoms with Crippen LogP contribution in [-0.2, 0) is 9.47 Å². The van der Waals surface area contributed by atoms with Crippen molar-refractivity contribution < 1.29 is 40.1 Å². The Bertz CT molecular complexity index is 1520. The predicted octanol–water partition coefficient (Wildman–Crippen LogP) is 9.84. The molecule has 0 amide bonds. The first-order valence-electron chi connectivity index (χ1n) is 25.3. The van der Waals surface area contributed by atoms with Crippen molar-refractivity contribution in [3.63, 3.8) is 0 Å². The second-order valence-corrected chi connectivity index (χ2v) is 24.1. The van der Waals surface area contributed by atoms with Gasteiger partial charge in [-0.25, -0.2) is 0 Å². The molecule has 2 aliphatic heterocycles. The number of fused-ring (bicyclic) bond motifs is 2. The summed E-state index contributed by atoms with van der Waals surface area (Å²) in [4.78, 5) is 0. The van der Waals surface area contributed by atoms with Gasteiger partial charge in [0.1, 0.15) is 11.2 Å². The Labute approximate surface area is 375 Å². The number of epoxide rings is 2. The summed E-state index contributed by atoms with van der Waals surface area (Å²) in [5.74, 6) is 4.26. The molecule has 6 aliphatic carbocycles. The van der Waals surface area contributed by atoms with E-state index in [0.29, 0.717) is 73.4 Å². The van der Waals surface area contributed by atoms with Gasteiger partial charge in [0.2, 0.25) is 0 Å². The number of hydrogen-bond acceptors (Lipinski definition) is 8. The lowest BCUT2D eigenvalue weighted by molar-refractivity contribution is -0.0294. The summed E-state index contributed by atoms with van der Waals surface area (Å²) < 4.78 is 10.8. The molecular formula is C54H88O8. The minimum absolute atomic E-state index is 0.383. The van der Waals surface area contributed by atoms with Crippen LogP contribution in [0.5, 0.6) is 0 Å². The zero-order valence-electron chi connectivity index (χ0n) is 40.1. The molecule has 352 valence electrons. The molecule has 0 aromatic carbocycles. The molecule has 2 heterocycles. The molecule has 8 nitrogen and oxygen atoms in total. The van der Waals surface area contributed by atoms with Gasteiger partial charge in [0.15, 0.2) is 0 Å². The van der Waals surface area contributed by atoms with E-state index in [1.165, 1.54) is 77.0 Å². The lowest BCUT2D eigenvalue weighted by Gasteiger charge is -2.44. The molecule has 8 rings (SSSR count). The Balaban J connectivity index is 0.000000186. The van der Waals surface area contributed by atoms with Crippen LogP contribution >= 0.6 is 0 Å². The Hall–Kier alpha value is -1.36. The van der Waals surface area contributed by atoms with E-state index in [9.17, 15) is 30.6 Å². The molecule has 6 unspecified atom stereocenters. The first-order valence-corrected chi connectivity index (χ1v) is 25.3. The van der Waals surface area contributed by atoms with Crippen LogP contribution in [0.15, 0.2) is 46.6 Å². The zero-order valence-corrected chi connectivity index (χ0v) is 40.1. The Kier molecular flexibility index (Phi) is 14.7. The van der Waals surface area contributed by atoms with Gasteiger partial charge < -0.3 is 40.1 Å². The number of hydrogen-bond donors (Lipinski definition) is 6. The SMILES string of the molecule is C[C@H](CCCC(C)(C)O)C1CCC2/C(=C/C=C3C[C@@H](O)C4(CO4)[C@H](O)C3)CCCC21C.C[C@H](CCCC(C)(C)O)C1CCC2/C(=C/C=C3C[C@@H](O)C4(CO4)[C@H](O)C3)CCCC21C. The highest BCUT2D eigenvalue weighted by Gasteiger charge is 2.60. The van der Waals surface area contributed by atoms with Gasteiger partial charge in [0, 0.05) is 0 Å². The third-order valence-corrected chi connectivity index (χ3v) is 18.4. The maximum absolute atomic E-state index is 10.4. The van der Waals surface area contributed by atoms with E-state index in [0.717, 1.165) is 48.7 Å². The van der Waals surface area contributed by atoms with Gasteiger partial charge in [-0.15, -0.1) is 0 Å². The van der Waals surface area contributed by atoms with Crippen LogP contribution in [0, 0.1) is 46.3 Å². The standard InChI is InChI=1S/2C27H44O4/c2*1-18(7-5-13-25(2,3)30)21-11-12-22-20(8-6-14-26(21,22)4)10-9-19-15-23(28)27(17-31-27)24(29)16-19/h2*9-10,18,21-24,28-30H,5-8,11-17H2,1-4H3/b2*19-9?,20-10+/t2*18-,21?,22?,23-,24-,26?,27?/m11/s1. The van der Waals surface area contributed by atoms with E-state index < -0.39 is 46.8 Å². The number of rotatable bonds is 12.